The molecule has 0 spiro atoms. The fourth-order valence-corrected chi connectivity index (χ4v) is 5.30. The van der Waals surface area contributed by atoms with Crippen LogP contribution in [0.4, 0.5) is 13.2 Å². The van der Waals surface area contributed by atoms with Gasteiger partial charge in [0.05, 0.1) is 4.90 Å². The molecule has 3 heterocycles. The molecule has 35 heavy (non-hydrogen) atoms. The summed E-state index contributed by atoms with van der Waals surface area (Å²) in [5, 5.41) is 17.1. The number of benzene rings is 1. The number of unbranched alkanes of at least 4 members (excludes halogenated alkanes) is 1. The van der Waals surface area contributed by atoms with E-state index >= 15 is 0 Å². The topological polar surface area (TPSA) is 124 Å². The van der Waals surface area contributed by atoms with E-state index in [1.165, 1.54) is 0 Å². The van der Waals surface area contributed by atoms with Crippen molar-refractivity contribution in [1.82, 2.24) is 14.3 Å². The molecule has 12 heteroatoms. The Balaban J connectivity index is 0.000000429. The first-order chi connectivity index (χ1) is 16.5. The highest BCUT2D eigenvalue weighted by molar-refractivity contribution is 7.89. The molecule has 1 aliphatic heterocycles. The highest BCUT2D eigenvalue weighted by Crippen LogP contribution is 2.30. The zero-order valence-electron chi connectivity index (χ0n) is 18.8. The molecule has 0 amide bonds. The summed E-state index contributed by atoms with van der Waals surface area (Å²) in [6, 6.07) is 11.2. The van der Waals surface area contributed by atoms with Crippen LogP contribution in [0.2, 0.25) is 0 Å². The number of aromatic amines is 1. The molecule has 0 aliphatic carbocycles. The van der Waals surface area contributed by atoms with Crippen LogP contribution in [-0.4, -0.2) is 64.7 Å². The molecule has 3 N–H and O–H groups in total. The summed E-state index contributed by atoms with van der Waals surface area (Å²) >= 11 is 0. The molecular formula is C23H26F3N3O5S. The Morgan fingerprint density at radius 2 is 1.71 bits per heavy atom. The third kappa shape index (κ3) is 6.59. The number of aliphatic hydroxyl groups is 1. The van der Waals surface area contributed by atoms with E-state index in [0.29, 0.717) is 18.0 Å². The number of rotatable bonds is 7. The molecule has 4 rings (SSSR count). The largest absolute Gasteiger partial charge is 0.490 e. The number of alkyl halides is 3. The summed E-state index contributed by atoms with van der Waals surface area (Å²) in [5.74, 6) is -2.76. The Morgan fingerprint density at radius 3 is 2.29 bits per heavy atom. The number of carboxylic acids is 1. The van der Waals surface area contributed by atoms with Crippen molar-refractivity contribution in [3.63, 3.8) is 0 Å². The number of aryl methyl sites for hydroxylation is 1. The molecule has 1 saturated heterocycles. The van der Waals surface area contributed by atoms with Crippen LogP contribution in [0.1, 0.15) is 31.4 Å². The van der Waals surface area contributed by atoms with Gasteiger partial charge in [0, 0.05) is 37.0 Å². The number of nitrogens with zero attached hydrogens (tertiary/aromatic N) is 2. The molecule has 1 aromatic carbocycles. The third-order valence-corrected chi connectivity index (χ3v) is 7.47. The van der Waals surface area contributed by atoms with E-state index in [0.717, 1.165) is 60.0 Å². The number of pyridine rings is 1. The molecule has 0 atom stereocenters. The van der Waals surface area contributed by atoms with Crippen LogP contribution in [-0.2, 0) is 21.2 Å². The minimum absolute atomic E-state index is 0.205. The van der Waals surface area contributed by atoms with Crippen molar-refractivity contribution < 1.29 is 36.6 Å². The van der Waals surface area contributed by atoms with E-state index in [9.17, 15) is 21.6 Å². The van der Waals surface area contributed by atoms with Gasteiger partial charge in [0.2, 0.25) is 10.0 Å². The van der Waals surface area contributed by atoms with Crippen LogP contribution >= 0.6 is 0 Å². The predicted octanol–water partition coefficient (Wildman–Crippen LogP) is 3.96. The van der Waals surface area contributed by atoms with Crippen LogP contribution in [0, 0.1) is 0 Å². The van der Waals surface area contributed by atoms with Crippen molar-refractivity contribution in [3.8, 4) is 11.1 Å². The Morgan fingerprint density at radius 1 is 1.09 bits per heavy atom. The molecule has 2 aromatic heterocycles. The molecule has 8 nitrogen and oxygen atoms in total. The van der Waals surface area contributed by atoms with Gasteiger partial charge < -0.3 is 15.2 Å². The smallest absolute Gasteiger partial charge is 0.475 e. The normalized spacial score (nSPS) is 14.6. The standard InChI is InChI=1S/C21H25N3O3S.C2HF3O2/c25-14-4-1-5-17-15-20-19(10-11-22-21(20)23-17)16-6-8-18(9-7-16)28(26,27)24-12-2-3-13-24;3-2(4,5)1(6)7/h6-11,15,25H,1-5,12-14H2,(H,22,23);(H,6,7). The number of carbonyl (C=O) groups is 1. The fourth-order valence-electron chi connectivity index (χ4n) is 3.78. The molecule has 190 valence electrons. The van der Waals surface area contributed by atoms with Gasteiger partial charge in [0.25, 0.3) is 0 Å². The van der Waals surface area contributed by atoms with E-state index in [4.69, 9.17) is 15.0 Å². The number of halogens is 3. The summed E-state index contributed by atoms with van der Waals surface area (Å²) in [6.45, 7) is 1.42. The van der Waals surface area contributed by atoms with Gasteiger partial charge in [-0.2, -0.15) is 17.5 Å². The summed E-state index contributed by atoms with van der Waals surface area (Å²) in [7, 11) is -3.39. The lowest BCUT2D eigenvalue weighted by Gasteiger charge is -2.15. The first-order valence-electron chi connectivity index (χ1n) is 11.0. The monoisotopic (exact) mass is 513 g/mol. The Hall–Kier alpha value is -2.96. The first kappa shape index (κ1) is 26.6. The van der Waals surface area contributed by atoms with Crippen LogP contribution < -0.4 is 0 Å². The van der Waals surface area contributed by atoms with Gasteiger partial charge in [0.15, 0.2) is 0 Å². The van der Waals surface area contributed by atoms with Crippen molar-refractivity contribution in [2.24, 2.45) is 0 Å². The molecule has 0 saturated carbocycles. The number of hydrogen-bond acceptors (Lipinski definition) is 5. The number of fused-ring (bicyclic) bond motifs is 1. The van der Waals surface area contributed by atoms with Crippen LogP contribution in [0.3, 0.4) is 0 Å². The highest BCUT2D eigenvalue weighted by Gasteiger charge is 2.38. The number of aromatic nitrogens is 2. The summed E-state index contributed by atoms with van der Waals surface area (Å²) in [5.41, 5.74) is 3.91. The third-order valence-electron chi connectivity index (χ3n) is 5.55. The maximum absolute atomic E-state index is 12.7. The van der Waals surface area contributed by atoms with Gasteiger partial charge in [-0.05, 0) is 67.5 Å². The minimum Gasteiger partial charge on any atom is -0.475 e. The Kier molecular flexibility index (Phi) is 8.51. The second kappa shape index (κ2) is 11.2. The van der Waals surface area contributed by atoms with E-state index in [1.807, 2.05) is 18.2 Å². The lowest BCUT2D eigenvalue weighted by atomic mass is 10.0. The number of hydrogen-bond donors (Lipinski definition) is 3. The summed E-state index contributed by atoms with van der Waals surface area (Å²) < 4.78 is 58.7. The Bertz CT molecular complexity index is 1250. The highest BCUT2D eigenvalue weighted by atomic mass is 32.2. The summed E-state index contributed by atoms with van der Waals surface area (Å²) in [6.07, 6.45) is 1.11. The van der Waals surface area contributed by atoms with Crippen molar-refractivity contribution in [3.05, 3.63) is 48.3 Å². The quantitative estimate of drug-likeness (QED) is 0.411. The van der Waals surface area contributed by atoms with Crippen molar-refractivity contribution >= 4 is 27.0 Å². The number of aliphatic hydroxyl groups excluding tert-OH is 1. The van der Waals surface area contributed by atoms with Gasteiger partial charge in [-0.25, -0.2) is 18.2 Å². The van der Waals surface area contributed by atoms with Gasteiger partial charge >= 0.3 is 12.1 Å². The number of nitrogens with one attached hydrogen (secondary N) is 1. The Labute approximate surface area is 200 Å². The number of carboxylic acid groups (broad SMARTS) is 1. The van der Waals surface area contributed by atoms with Gasteiger partial charge in [-0.3, -0.25) is 0 Å². The van der Waals surface area contributed by atoms with Crippen molar-refractivity contribution in [2.45, 2.75) is 43.2 Å². The lowest BCUT2D eigenvalue weighted by molar-refractivity contribution is -0.192. The van der Waals surface area contributed by atoms with Crippen molar-refractivity contribution in [2.75, 3.05) is 19.7 Å². The van der Waals surface area contributed by atoms with Crippen LogP contribution in [0.5, 0.6) is 0 Å². The van der Waals surface area contributed by atoms with Crippen LogP contribution in [0.25, 0.3) is 22.2 Å². The zero-order valence-corrected chi connectivity index (χ0v) is 19.6. The average Bonchev–Trinajstić information content (AvgIpc) is 3.49. The molecule has 0 radical (unpaired) electrons. The average molecular weight is 514 g/mol. The van der Waals surface area contributed by atoms with E-state index in [1.54, 1.807) is 22.6 Å². The molecule has 1 aliphatic rings. The number of H-pyrrole nitrogens is 1. The predicted molar refractivity (Wildman–Crippen MR) is 123 cm³/mol. The molecule has 0 bridgehead atoms. The second-order valence-electron chi connectivity index (χ2n) is 8.03. The SMILES string of the molecule is O=C(O)C(F)(F)F.O=S(=O)(c1ccc(-c2ccnc3[nH]c(CCCCO)cc23)cc1)N1CCCC1. The summed E-state index contributed by atoms with van der Waals surface area (Å²) in [4.78, 5) is 17.0. The fraction of sp³-hybridized carbons (Fsp3) is 0.391. The molecule has 0 unspecified atom stereocenters. The maximum Gasteiger partial charge on any atom is 0.490 e. The maximum atomic E-state index is 12.7. The minimum atomic E-state index is -5.08. The lowest BCUT2D eigenvalue weighted by Crippen LogP contribution is -2.27. The van der Waals surface area contributed by atoms with Crippen molar-refractivity contribution in [1.29, 1.82) is 0 Å². The van der Waals surface area contributed by atoms with Gasteiger partial charge in [0.1, 0.15) is 5.65 Å². The number of aliphatic carboxylic acids is 1. The first-order valence-corrected chi connectivity index (χ1v) is 12.5. The molecular weight excluding hydrogens is 487 g/mol. The van der Waals surface area contributed by atoms with E-state index < -0.39 is 22.2 Å². The second-order valence-corrected chi connectivity index (χ2v) is 9.97. The molecule has 1 fully saturated rings. The van der Waals surface area contributed by atoms with Gasteiger partial charge in [-0.15, -0.1) is 0 Å². The van der Waals surface area contributed by atoms with E-state index in [2.05, 4.69) is 16.0 Å². The van der Waals surface area contributed by atoms with E-state index in [-0.39, 0.29) is 6.61 Å². The van der Waals surface area contributed by atoms with Crippen LogP contribution in [0.15, 0.2) is 47.5 Å². The zero-order chi connectivity index (χ0) is 25.6. The number of sulfonamides is 1. The van der Waals surface area contributed by atoms with Gasteiger partial charge in [-0.1, -0.05) is 12.1 Å². The molecule has 3 aromatic rings.